The van der Waals surface area contributed by atoms with Crippen molar-refractivity contribution >= 4 is 0 Å². The molecule has 1 heterocycles. The van der Waals surface area contributed by atoms with E-state index < -0.39 is 0 Å². The first-order valence-electron chi connectivity index (χ1n) is 4.69. The number of hydrogen-bond acceptors (Lipinski definition) is 3. The van der Waals surface area contributed by atoms with Crippen molar-refractivity contribution in [3.63, 3.8) is 0 Å². The van der Waals surface area contributed by atoms with E-state index in [0.29, 0.717) is 0 Å². The predicted molar refractivity (Wildman–Crippen MR) is 56.8 cm³/mol. The summed E-state index contributed by atoms with van der Waals surface area (Å²) in [5.41, 5.74) is 2.82. The lowest BCUT2D eigenvalue weighted by Crippen LogP contribution is -2.20. The minimum Gasteiger partial charge on any atom is -0.300 e. The first-order valence-corrected chi connectivity index (χ1v) is 4.69. The van der Waals surface area contributed by atoms with Crippen LogP contribution in [0, 0.1) is 26.2 Å². The maximum Gasteiger partial charge on any atom is 0.0962 e. The van der Waals surface area contributed by atoms with Gasteiger partial charge in [-0.15, -0.1) is 6.42 Å². The molecule has 0 aliphatic carbocycles. The minimum absolute atomic E-state index is 0.0609. The quantitative estimate of drug-likeness (QED) is 0.730. The van der Waals surface area contributed by atoms with E-state index in [4.69, 9.17) is 6.42 Å². The first-order chi connectivity index (χ1) is 6.69. The molecule has 1 atom stereocenters. The molecule has 0 bridgehead atoms. The molecule has 0 spiro atoms. The molecule has 0 aliphatic rings. The molecule has 3 heteroatoms. The smallest absolute Gasteiger partial charge is 0.0962 e. The molecular formula is C11H15N3. The molecular weight excluding hydrogens is 174 g/mol. The Balaban J connectivity index is 3.03. The first kappa shape index (κ1) is 10.7. The molecule has 0 fully saturated rings. The Morgan fingerprint density at radius 3 is 2.79 bits per heavy atom. The van der Waals surface area contributed by atoms with Crippen LogP contribution in [0.25, 0.3) is 0 Å². The summed E-state index contributed by atoms with van der Waals surface area (Å²) in [7, 11) is 0. The summed E-state index contributed by atoms with van der Waals surface area (Å²) in [5.74, 6) is 2.71. The van der Waals surface area contributed by atoms with Crippen molar-refractivity contribution in [2.24, 2.45) is 0 Å². The van der Waals surface area contributed by atoms with E-state index >= 15 is 0 Å². The molecule has 0 saturated carbocycles. The van der Waals surface area contributed by atoms with Crippen molar-refractivity contribution in [1.82, 2.24) is 15.5 Å². The van der Waals surface area contributed by atoms with Crippen LogP contribution in [0.2, 0.25) is 0 Å². The molecule has 1 N–H and O–H groups in total. The number of nitrogens with one attached hydrogen (secondary N) is 1. The van der Waals surface area contributed by atoms with Crippen molar-refractivity contribution < 1.29 is 0 Å². The standard InChI is InChI=1S/C11H15N3/c1-5-11(12-6-2)10-7-8(3)13-14-9(10)4/h1,7,11-12H,6H2,2-4H3. The Morgan fingerprint density at radius 2 is 2.21 bits per heavy atom. The van der Waals surface area contributed by atoms with Crippen LogP contribution in [0.15, 0.2) is 6.07 Å². The van der Waals surface area contributed by atoms with Gasteiger partial charge in [-0.3, -0.25) is 0 Å². The lowest BCUT2D eigenvalue weighted by Gasteiger charge is -2.13. The van der Waals surface area contributed by atoms with Crippen LogP contribution in [0.4, 0.5) is 0 Å². The summed E-state index contributed by atoms with van der Waals surface area (Å²) in [6.07, 6.45) is 5.45. The predicted octanol–water partition coefficient (Wildman–Crippen LogP) is 1.38. The summed E-state index contributed by atoms with van der Waals surface area (Å²) in [6, 6.07) is 1.92. The summed E-state index contributed by atoms with van der Waals surface area (Å²) in [4.78, 5) is 0. The van der Waals surface area contributed by atoms with Gasteiger partial charge in [0.2, 0.25) is 0 Å². The van der Waals surface area contributed by atoms with E-state index in [9.17, 15) is 0 Å². The molecule has 1 aromatic rings. The molecule has 3 nitrogen and oxygen atoms in total. The van der Waals surface area contributed by atoms with E-state index in [1.807, 2.05) is 26.8 Å². The normalized spacial score (nSPS) is 12.1. The van der Waals surface area contributed by atoms with E-state index in [2.05, 4.69) is 21.4 Å². The zero-order valence-corrected chi connectivity index (χ0v) is 8.83. The van der Waals surface area contributed by atoms with Gasteiger partial charge in [-0.05, 0) is 26.5 Å². The van der Waals surface area contributed by atoms with E-state index in [0.717, 1.165) is 23.5 Å². The molecule has 0 aromatic carbocycles. The van der Waals surface area contributed by atoms with Gasteiger partial charge in [0.25, 0.3) is 0 Å². The van der Waals surface area contributed by atoms with Crippen molar-refractivity contribution in [3.8, 4) is 12.3 Å². The summed E-state index contributed by atoms with van der Waals surface area (Å²) >= 11 is 0. The third kappa shape index (κ3) is 2.30. The molecule has 14 heavy (non-hydrogen) atoms. The third-order valence-electron chi connectivity index (χ3n) is 2.03. The van der Waals surface area contributed by atoms with Crippen molar-refractivity contribution in [2.45, 2.75) is 26.8 Å². The lowest BCUT2D eigenvalue weighted by atomic mass is 10.1. The van der Waals surface area contributed by atoms with Crippen LogP contribution in [-0.4, -0.2) is 16.7 Å². The Labute approximate surface area is 84.9 Å². The fraction of sp³-hybridized carbons (Fsp3) is 0.455. The van der Waals surface area contributed by atoms with Crippen molar-refractivity contribution in [2.75, 3.05) is 6.54 Å². The van der Waals surface area contributed by atoms with Gasteiger partial charge in [-0.1, -0.05) is 12.8 Å². The van der Waals surface area contributed by atoms with Crippen LogP contribution in [-0.2, 0) is 0 Å². The Hall–Kier alpha value is -1.40. The topological polar surface area (TPSA) is 37.8 Å². The zero-order chi connectivity index (χ0) is 10.6. The summed E-state index contributed by atoms with van der Waals surface area (Å²) in [6.45, 7) is 6.70. The Bertz CT molecular complexity index is 352. The molecule has 0 amide bonds. The highest BCUT2D eigenvalue weighted by Gasteiger charge is 2.10. The monoisotopic (exact) mass is 189 g/mol. The highest BCUT2D eigenvalue weighted by atomic mass is 15.1. The number of aryl methyl sites for hydroxylation is 2. The molecule has 1 rings (SSSR count). The van der Waals surface area contributed by atoms with Crippen LogP contribution in [0.5, 0.6) is 0 Å². The van der Waals surface area contributed by atoms with Crippen LogP contribution < -0.4 is 5.32 Å². The second-order valence-electron chi connectivity index (χ2n) is 3.18. The number of terminal acetylenes is 1. The minimum atomic E-state index is -0.0609. The van der Waals surface area contributed by atoms with Gasteiger partial charge in [0, 0.05) is 5.56 Å². The highest BCUT2D eigenvalue weighted by Crippen LogP contribution is 2.15. The van der Waals surface area contributed by atoms with E-state index in [-0.39, 0.29) is 6.04 Å². The fourth-order valence-corrected chi connectivity index (χ4v) is 1.32. The van der Waals surface area contributed by atoms with Gasteiger partial charge in [-0.25, -0.2) is 0 Å². The van der Waals surface area contributed by atoms with Gasteiger partial charge >= 0.3 is 0 Å². The second-order valence-corrected chi connectivity index (χ2v) is 3.18. The molecule has 0 radical (unpaired) electrons. The molecule has 1 unspecified atom stereocenters. The molecule has 74 valence electrons. The number of rotatable bonds is 3. The largest absolute Gasteiger partial charge is 0.300 e. The van der Waals surface area contributed by atoms with Crippen LogP contribution >= 0.6 is 0 Å². The van der Waals surface area contributed by atoms with Crippen molar-refractivity contribution in [3.05, 3.63) is 23.0 Å². The highest BCUT2D eigenvalue weighted by molar-refractivity contribution is 5.29. The van der Waals surface area contributed by atoms with Gasteiger partial charge in [0.1, 0.15) is 0 Å². The summed E-state index contributed by atoms with van der Waals surface area (Å²) < 4.78 is 0. The maximum atomic E-state index is 5.45. The van der Waals surface area contributed by atoms with E-state index in [1.165, 1.54) is 0 Å². The van der Waals surface area contributed by atoms with Gasteiger partial charge < -0.3 is 5.32 Å². The van der Waals surface area contributed by atoms with Crippen LogP contribution in [0.1, 0.15) is 29.9 Å². The molecule has 1 aromatic heterocycles. The number of aromatic nitrogens is 2. The number of nitrogens with zero attached hydrogens (tertiary/aromatic N) is 2. The maximum absolute atomic E-state index is 5.45. The zero-order valence-electron chi connectivity index (χ0n) is 8.83. The molecule has 0 saturated heterocycles. The third-order valence-corrected chi connectivity index (χ3v) is 2.03. The Kier molecular flexibility index (Phi) is 3.61. The number of hydrogen-bond donors (Lipinski definition) is 1. The summed E-state index contributed by atoms with van der Waals surface area (Å²) in [5, 5.41) is 11.2. The van der Waals surface area contributed by atoms with E-state index in [1.54, 1.807) is 0 Å². The average Bonchev–Trinajstić information content (AvgIpc) is 2.18. The Morgan fingerprint density at radius 1 is 1.50 bits per heavy atom. The van der Waals surface area contributed by atoms with Crippen molar-refractivity contribution in [1.29, 1.82) is 0 Å². The SMILES string of the molecule is C#CC(NCC)c1cc(C)nnc1C. The fourth-order valence-electron chi connectivity index (χ4n) is 1.32. The second kappa shape index (κ2) is 4.73. The molecule has 0 aliphatic heterocycles. The lowest BCUT2D eigenvalue weighted by molar-refractivity contribution is 0.653. The van der Waals surface area contributed by atoms with Gasteiger partial charge in [0.15, 0.2) is 0 Å². The van der Waals surface area contributed by atoms with Crippen LogP contribution in [0.3, 0.4) is 0 Å². The average molecular weight is 189 g/mol. The van der Waals surface area contributed by atoms with Gasteiger partial charge in [0.05, 0.1) is 17.4 Å². The van der Waals surface area contributed by atoms with Gasteiger partial charge in [-0.2, -0.15) is 10.2 Å².